The number of carbonyl (C=O) groups excluding carboxylic acids is 2. The number of hydrogen-bond donors (Lipinski definition) is 1. The number of thiophene rings is 1. The van der Waals surface area contributed by atoms with Crippen molar-refractivity contribution < 1.29 is 9.59 Å². The van der Waals surface area contributed by atoms with Crippen molar-refractivity contribution in [1.82, 2.24) is 14.5 Å². The quantitative estimate of drug-likeness (QED) is 0.476. The molecule has 1 saturated heterocycles. The largest absolute Gasteiger partial charge is 0.341 e. The van der Waals surface area contributed by atoms with E-state index in [4.69, 9.17) is 0 Å². The maximum Gasteiger partial charge on any atom is 0.262 e. The number of nitrogens with one attached hydrogen (secondary N) is 1. The summed E-state index contributed by atoms with van der Waals surface area (Å²) in [5.41, 5.74) is 1.60. The monoisotopic (exact) mass is 472 g/mol. The number of benzene rings is 2. The number of aromatic nitrogens is 2. The second-order valence-corrected chi connectivity index (χ2v) is 9.41. The van der Waals surface area contributed by atoms with E-state index in [0.29, 0.717) is 36.1 Å². The van der Waals surface area contributed by atoms with Gasteiger partial charge in [0.25, 0.3) is 5.56 Å². The highest BCUT2D eigenvalue weighted by molar-refractivity contribution is 7.21. The Kier molecular flexibility index (Phi) is 6.22. The van der Waals surface area contributed by atoms with E-state index in [2.05, 4.69) is 10.3 Å². The molecule has 0 spiro atoms. The topological polar surface area (TPSA) is 84.3 Å². The highest BCUT2D eigenvalue weighted by Crippen LogP contribution is 2.30. The van der Waals surface area contributed by atoms with Crippen molar-refractivity contribution in [3.05, 3.63) is 83.4 Å². The molecule has 3 heterocycles. The van der Waals surface area contributed by atoms with Gasteiger partial charge in [0.2, 0.25) is 11.8 Å². The van der Waals surface area contributed by atoms with Gasteiger partial charge >= 0.3 is 0 Å². The molecule has 2 amide bonds. The Labute approximate surface area is 200 Å². The number of piperidine rings is 1. The number of carbonyl (C=O) groups is 2. The standard InChI is InChI=1S/C26H24N4O3S/c31-23(29-13-11-19(12-14-29)24(32)28-20-9-5-2-6-10-20)16-30-17-27-25-21(26(30)33)15-22(34-25)18-7-3-1-4-8-18/h1-10,15,17,19H,11-14,16H2,(H,28,32). The van der Waals surface area contributed by atoms with E-state index in [1.54, 1.807) is 4.90 Å². The van der Waals surface area contributed by atoms with Crippen LogP contribution in [-0.2, 0) is 16.1 Å². The van der Waals surface area contributed by atoms with Gasteiger partial charge in [-0.15, -0.1) is 11.3 Å². The van der Waals surface area contributed by atoms with E-state index in [-0.39, 0.29) is 29.8 Å². The molecule has 1 N–H and O–H groups in total. The molecule has 4 aromatic rings. The fourth-order valence-corrected chi connectivity index (χ4v) is 5.21. The predicted octanol–water partition coefficient (Wildman–Crippen LogP) is 4.00. The lowest BCUT2D eigenvalue weighted by Gasteiger charge is -2.31. The van der Waals surface area contributed by atoms with Gasteiger partial charge in [-0.1, -0.05) is 48.5 Å². The van der Waals surface area contributed by atoms with Crippen LogP contribution in [0, 0.1) is 5.92 Å². The number of nitrogens with zero attached hydrogens (tertiary/aromatic N) is 3. The molecule has 0 unspecified atom stereocenters. The zero-order chi connectivity index (χ0) is 23.5. The molecular weight excluding hydrogens is 448 g/mol. The molecule has 0 saturated carbocycles. The summed E-state index contributed by atoms with van der Waals surface area (Å²) in [5.74, 6) is -0.285. The van der Waals surface area contributed by atoms with Gasteiger partial charge in [-0.3, -0.25) is 19.0 Å². The van der Waals surface area contributed by atoms with E-state index in [1.165, 1.54) is 22.2 Å². The summed E-state index contributed by atoms with van der Waals surface area (Å²) >= 11 is 1.47. The third-order valence-corrected chi connectivity index (χ3v) is 7.23. The Morgan fingerprint density at radius 1 is 1.00 bits per heavy atom. The normalized spacial score (nSPS) is 14.3. The third kappa shape index (κ3) is 4.63. The Bertz CT molecular complexity index is 1370. The minimum absolute atomic E-state index is 0.0177. The predicted molar refractivity (Wildman–Crippen MR) is 134 cm³/mol. The summed E-state index contributed by atoms with van der Waals surface area (Å²) in [6.07, 6.45) is 2.65. The summed E-state index contributed by atoms with van der Waals surface area (Å²) in [4.78, 5) is 46.2. The van der Waals surface area contributed by atoms with E-state index in [1.807, 2.05) is 66.7 Å². The summed E-state index contributed by atoms with van der Waals surface area (Å²) in [7, 11) is 0. The second-order valence-electron chi connectivity index (χ2n) is 8.38. The fraction of sp³-hybridized carbons (Fsp3) is 0.231. The van der Waals surface area contributed by atoms with Crippen molar-refractivity contribution in [3.63, 3.8) is 0 Å². The minimum atomic E-state index is -0.214. The molecule has 7 nitrogen and oxygen atoms in total. The van der Waals surface area contributed by atoms with Crippen LogP contribution in [0.2, 0.25) is 0 Å². The van der Waals surface area contributed by atoms with Crippen molar-refractivity contribution in [2.45, 2.75) is 19.4 Å². The van der Waals surface area contributed by atoms with E-state index in [0.717, 1.165) is 16.1 Å². The van der Waals surface area contributed by atoms with Crippen LogP contribution in [0.1, 0.15) is 12.8 Å². The lowest BCUT2D eigenvalue weighted by Crippen LogP contribution is -2.43. The molecule has 0 radical (unpaired) electrons. The van der Waals surface area contributed by atoms with Crippen molar-refractivity contribution in [2.24, 2.45) is 5.92 Å². The number of amides is 2. The van der Waals surface area contributed by atoms with Crippen LogP contribution in [0.5, 0.6) is 0 Å². The van der Waals surface area contributed by atoms with Gasteiger partial charge < -0.3 is 10.2 Å². The van der Waals surface area contributed by atoms with Gasteiger partial charge in [-0.2, -0.15) is 0 Å². The van der Waals surface area contributed by atoms with Gasteiger partial charge in [0.15, 0.2) is 0 Å². The molecule has 2 aromatic heterocycles. The van der Waals surface area contributed by atoms with Crippen LogP contribution in [0.3, 0.4) is 0 Å². The van der Waals surface area contributed by atoms with Gasteiger partial charge in [-0.05, 0) is 36.6 Å². The highest BCUT2D eigenvalue weighted by Gasteiger charge is 2.27. The highest BCUT2D eigenvalue weighted by atomic mass is 32.1. The first-order valence-electron chi connectivity index (χ1n) is 11.3. The molecule has 1 fully saturated rings. The molecule has 1 aliphatic heterocycles. The fourth-order valence-electron chi connectivity index (χ4n) is 4.22. The van der Waals surface area contributed by atoms with Crippen LogP contribution >= 0.6 is 11.3 Å². The number of para-hydroxylation sites is 1. The van der Waals surface area contributed by atoms with Crippen LogP contribution < -0.4 is 10.9 Å². The molecule has 34 heavy (non-hydrogen) atoms. The van der Waals surface area contributed by atoms with Crippen molar-refractivity contribution in [3.8, 4) is 10.4 Å². The number of anilines is 1. The second kappa shape index (κ2) is 9.61. The van der Waals surface area contributed by atoms with E-state index >= 15 is 0 Å². The van der Waals surface area contributed by atoms with Crippen molar-refractivity contribution >= 4 is 39.1 Å². The summed E-state index contributed by atoms with van der Waals surface area (Å²) in [6.45, 7) is 0.929. The van der Waals surface area contributed by atoms with Crippen LogP contribution in [0.15, 0.2) is 77.9 Å². The summed E-state index contributed by atoms with van der Waals surface area (Å²) in [5, 5.41) is 3.46. The van der Waals surface area contributed by atoms with Crippen LogP contribution in [0.25, 0.3) is 20.7 Å². The Hall–Kier alpha value is -3.78. The van der Waals surface area contributed by atoms with E-state index < -0.39 is 0 Å². The lowest BCUT2D eigenvalue weighted by molar-refractivity contribution is -0.135. The zero-order valence-electron chi connectivity index (χ0n) is 18.5. The van der Waals surface area contributed by atoms with Gasteiger partial charge in [-0.25, -0.2) is 4.98 Å². The van der Waals surface area contributed by atoms with Crippen LogP contribution in [-0.4, -0.2) is 39.4 Å². The number of likely N-dealkylation sites (tertiary alicyclic amines) is 1. The molecule has 172 valence electrons. The molecule has 8 heteroatoms. The van der Waals surface area contributed by atoms with E-state index in [9.17, 15) is 14.4 Å². The van der Waals surface area contributed by atoms with Gasteiger partial charge in [0.05, 0.1) is 11.7 Å². The van der Waals surface area contributed by atoms with Crippen molar-refractivity contribution in [2.75, 3.05) is 18.4 Å². The SMILES string of the molecule is O=C(Nc1ccccc1)C1CCN(C(=O)Cn2cnc3sc(-c4ccccc4)cc3c2=O)CC1. The average molecular weight is 473 g/mol. The Balaban J connectivity index is 1.22. The molecule has 0 bridgehead atoms. The van der Waals surface area contributed by atoms with Crippen LogP contribution in [0.4, 0.5) is 5.69 Å². The van der Waals surface area contributed by atoms with Gasteiger partial charge in [0, 0.05) is 29.6 Å². The first kappa shape index (κ1) is 22.0. The zero-order valence-corrected chi connectivity index (χ0v) is 19.3. The number of fused-ring (bicyclic) bond motifs is 1. The molecule has 0 atom stereocenters. The average Bonchev–Trinajstić information content (AvgIpc) is 3.32. The van der Waals surface area contributed by atoms with Crippen molar-refractivity contribution in [1.29, 1.82) is 0 Å². The lowest BCUT2D eigenvalue weighted by atomic mass is 9.95. The number of rotatable bonds is 5. The molecule has 5 rings (SSSR count). The molecule has 0 aliphatic carbocycles. The number of hydrogen-bond acceptors (Lipinski definition) is 5. The minimum Gasteiger partial charge on any atom is -0.341 e. The smallest absolute Gasteiger partial charge is 0.262 e. The maximum atomic E-state index is 13.0. The van der Waals surface area contributed by atoms with Gasteiger partial charge in [0.1, 0.15) is 11.4 Å². The summed E-state index contributed by atoms with van der Waals surface area (Å²) in [6, 6.07) is 21.1. The summed E-state index contributed by atoms with van der Waals surface area (Å²) < 4.78 is 1.38. The first-order chi connectivity index (χ1) is 16.6. The molecular formula is C26H24N4O3S. The molecule has 2 aromatic carbocycles. The first-order valence-corrected chi connectivity index (χ1v) is 12.1. The maximum absolute atomic E-state index is 13.0. The third-order valence-electron chi connectivity index (χ3n) is 6.14. The Morgan fingerprint density at radius 2 is 1.68 bits per heavy atom. The molecule has 1 aliphatic rings. The Morgan fingerprint density at radius 3 is 2.38 bits per heavy atom.